The lowest BCUT2D eigenvalue weighted by Gasteiger charge is -2.37. The Hall–Kier alpha value is -0.830. The van der Waals surface area contributed by atoms with Crippen LogP contribution in [0, 0.1) is 0 Å². The molecule has 3 nitrogen and oxygen atoms in total. The number of carbonyl (C=O) groups is 1. The molecule has 1 rings (SSSR count). The summed E-state index contributed by atoms with van der Waals surface area (Å²) < 4.78 is 11.0. The molecule has 1 aliphatic carbocycles. The van der Waals surface area contributed by atoms with Crippen molar-refractivity contribution in [3.8, 4) is 0 Å². The van der Waals surface area contributed by atoms with E-state index in [1.54, 1.807) is 7.11 Å². The number of hydrogen-bond acceptors (Lipinski definition) is 3. The van der Waals surface area contributed by atoms with Gasteiger partial charge in [-0.15, -0.1) is 0 Å². The van der Waals surface area contributed by atoms with Gasteiger partial charge in [-0.25, -0.2) is 4.79 Å². The number of esters is 1. The second kappa shape index (κ2) is 5.21. The molecular formula is C14H24O3. The number of hydrogen-bond donors (Lipinski definition) is 0. The van der Waals surface area contributed by atoms with E-state index in [0.717, 1.165) is 19.3 Å². The molecule has 0 aliphatic heterocycles. The van der Waals surface area contributed by atoms with Crippen molar-refractivity contribution in [2.24, 2.45) is 0 Å². The van der Waals surface area contributed by atoms with Gasteiger partial charge in [0.2, 0.25) is 0 Å². The van der Waals surface area contributed by atoms with Crippen LogP contribution in [-0.2, 0) is 14.3 Å². The maximum absolute atomic E-state index is 12.3. The highest BCUT2D eigenvalue weighted by atomic mass is 16.6. The Morgan fingerprint density at radius 1 is 1.41 bits per heavy atom. The molecule has 0 unspecified atom stereocenters. The lowest BCUT2D eigenvalue weighted by Crippen LogP contribution is -2.47. The Bertz CT molecular complexity index is 295. The lowest BCUT2D eigenvalue weighted by atomic mass is 9.82. The van der Waals surface area contributed by atoms with Crippen molar-refractivity contribution in [3.63, 3.8) is 0 Å². The molecule has 0 aromatic carbocycles. The SMILES string of the molecule is C=C1CCC(OC)(C(=O)OC(C)(C)CC)CC1. The first-order valence-corrected chi connectivity index (χ1v) is 6.30. The molecule has 1 fully saturated rings. The topological polar surface area (TPSA) is 35.5 Å². The maximum Gasteiger partial charge on any atom is 0.338 e. The third-order valence-corrected chi connectivity index (χ3v) is 3.75. The Labute approximate surface area is 104 Å². The van der Waals surface area contributed by atoms with Crippen molar-refractivity contribution in [2.75, 3.05) is 7.11 Å². The van der Waals surface area contributed by atoms with E-state index in [2.05, 4.69) is 6.58 Å². The average Bonchev–Trinajstić information content (AvgIpc) is 2.30. The first-order chi connectivity index (χ1) is 7.85. The molecule has 0 saturated heterocycles. The van der Waals surface area contributed by atoms with Gasteiger partial charge in [-0.2, -0.15) is 0 Å². The summed E-state index contributed by atoms with van der Waals surface area (Å²) in [5.74, 6) is -0.223. The van der Waals surface area contributed by atoms with Crippen molar-refractivity contribution in [3.05, 3.63) is 12.2 Å². The third-order valence-electron chi connectivity index (χ3n) is 3.75. The molecule has 17 heavy (non-hydrogen) atoms. The van der Waals surface area contributed by atoms with Crippen molar-refractivity contribution in [1.82, 2.24) is 0 Å². The van der Waals surface area contributed by atoms with E-state index in [4.69, 9.17) is 9.47 Å². The largest absolute Gasteiger partial charge is 0.458 e. The molecule has 0 spiro atoms. The van der Waals surface area contributed by atoms with Gasteiger partial charge in [-0.05, 0) is 46.0 Å². The zero-order valence-electron chi connectivity index (χ0n) is 11.5. The normalized spacial score (nSPS) is 20.1. The zero-order chi connectivity index (χ0) is 13.1. The third kappa shape index (κ3) is 3.32. The first kappa shape index (κ1) is 14.2. The van der Waals surface area contributed by atoms with Crippen LogP contribution in [0.1, 0.15) is 52.9 Å². The summed E-state index contributed by atoms with van der Waals surface area (Å²) in [5, 5.41) is 0. The molecular weight excluding hydrogens is 216 g/mol. The van der Waals surface area contributed by atoms with E-state index >= 15 is 0 Å². The maximum atomic E-state index is 12.3. The number of rotatable bonds is 4. The Morgan fingerprint density at radius 3 is 2.35 bits per heavy atom. The van der Waals surface area contributed by atoms with Crippen LogP contribution in [-0.4, -0.2) is 24.3 Å². The predicted molar refractivity (Wildman–Crippen MR) is 67.8 cm³/mol. The number of allylic oxidation sites excluding steroid dienone is 1. The van der Waals surface area contributed by atoms with Gasteiger partial charge in [0.1, 0.15) is 5.60 Å². The molecule has 0 aromatic heterocycles. The Balaban J connectivity index is 2.73. The second-order valence-corrected chi connectivity index (χ2v) is 5.45. The summed E-state index contributed by atoms with van der Waals surface area (Å²) >= 11 is 0. The summed E-state index contributed by atoms with van der Waals surface area (Å²) in [6.45, 7) is 9.82. The molecule has 1 aliphatic rings. The van der Waals surface area contributed by atoms with Crippen LogP contribution in [0.15, 0.2) is 12.2 Å². The van der Waals surface area contributed by atoms with Gasteiger partial charge in [0, 0.05) is 7.11 Å². The van der Waals surface area contributed by atoms with Gasteiger partial charge in [0.05, 0.1) is 0 Å². The van der Waals surface area contributed by atoms with Crippen LogP contribution < -0.4 is 0 Å². The van der Waals surface area contributed by atoms with E-state index in [-0.39, 0.29) is 5.97 Å². The minimum atomic E-state index is -0.756. The summed E-state index contributed by atoms with van der Waals surface area (Å²) in [6.07, 6.45) is 3.85. The fraction of sp³-hybridized carbons (Fsp3) is 0.786. The van der Waals surface area contributed by atoms with Crippen LogP contribution in [0.4, 0.5) is 0 Å². The average molecular weight is 240 g/mol. The van der Waals surface area contributed by atoms with Gasteiger partial charge in [-0.1, -0.05) is 19.1 Å². The second-order valence-electron chi connectivity index (χ2n) is 5.45. The molecule has 3 heteroatoms. The monoisotopic (exact) mass is 240 g/mol. The number of carbonyl (C=O) groups excluding carboxylic acids is 1. The highest BCUT2D eigenvalue weighted by Gasteiger charge is 2.43. The molecule has 98 valence electrons. The first-order valence-electron chi connectivity index (χ1n) is 6.30. The fourth-order valence-corrected chi connectivity index (χ4v) is 1.92. The molecule has 0 radical (unpaired) electrons. The van der Waals surface area contributed by atoms with Crippen molar-refractivity contribution in [1.29, 1.82) is 0 Å². The quantitative estimate of drug-likeness (QED) is 0.559. The van der Waals surface area contributed by atoms with E-state index < -0.39 is 11.2 Å². The molecule has 0 amide bonds. The van der Waals surface area contributed by atoms with E-state index in [0.29, 0.717) is 12.8 Å². The molecule has 0 aromatic rings. The summed E-state index contributed by atoms with van der Waals surface area (Å²) in [6, 6.07) is 0. The molecule has 0 heterocycles. The fourth-order valence-electron chi connectivity index (χ4n) is 1.92. The predicted octanol–water partition coefficient (Wildman–Crippen LogP) is 3.23. The summed E-state index contributed by atoms with van der Waals surface area (Å²) in [4.78, 5) is 12.3. The van der Waals surface area contributed by atoms with Crippen molar-refractivity contribution >= 4 is 5.97 Å². The van der Waals surface area contributed by atoms with E-state index in [1.807, 2.05) is 20.8 Å². The number of ether oxygens (including phenoxy) is 2. The van der Waals surface area contributed by atoms with Gasteiger partial charge >= 0.3 is 5.97 Å². The van der Waals surface area contributed by atoms with Crippen LogP contribution >= 0.6 is 0 Å². The zero-order valence-corrected chi connectivity index (χ0v) is 11.5. The van der Waals surface area contributed by atoms with Gasteiger partial charge in [-0.3, -0.25) is 0 Å². The van der Waals surface area contributed by atoms with Crippen LogP contribution in [0.3, 0.4) is 0 Å². The Morgan fingerprint density at radius 2 is 1.94 bits per heavy atom. The van der Waals surface area contributed by atoms with Crippen LogP contribution in [0.25, 0.3) is 0 Å². The Kier molecular flexibility index (Phi) is 4.36. The summed E-state index contributed by atoms with van der Waals surface area (Å²) in [5.41, 5.74) is 0.0188. The van der Waals surface area contributed by atoms with Crippen molar-refractivity contribution in [2.45, 2.75) is 64.1 Å². The minimum Gasteiger partial charge on any atom is -0.458 e. The van der Waals surface area contributed by atoms with Crippen LogP contribution in [0.5, 0.6) is 0 Å². The van der Waals surface area contributed by atoms with E-state index in [9.17, 15) is 4.79 Å². The highest BCUT2D eigenvalue weighted by molar-refractivity contribution is 5.80. The number of methoxy groups -OCH3 is 1. The molecule has 0 bridgehead atoms. The molecule has 0 N–H and O–H groups in total. The molecule has 1 saturated carbocycles. The van der Waals surface area contributed by atoms with E-state index in [1.165, 1.54) is 5.57 Å². The van der Waals surface area contributed by atoms with Gasteiger partial charge in [0.25, 0.3) is 0 Å². The van der Waals surface area contributed by atoms with Crippen LogP contribution in [0.2, 0.25) is 0 Å². The van der Waals surface area contributed by atoms with Gasteiger partial charge < -0.3 is 9.47 Å². The van der Waals surface area contributed by atoms with Gasteiger partial charge in [0.15, 0.2) is 5.60 Å². The minimum absolute atomic E-state index is 0.223. The van der Waals surface area contributed by atoms with Crippen molar-refractivity contribution < 1.29 is 14.3 Å². The summed E-state index contributed by atoms with van der Waals surface area (Å²) in [7, 11) is 1.59. The smallest absolute Gasteiger partial charge is 0.338 e. The standard InChI is InChI=1S/C14H24O3/c1-6-13(3,4)17-12(15)14(16-5)9-7-11(2)8-10-14/h2,6-10H2,1,3-5H3. The molecule has 0 atom stereocenters. The highest BCUT2D eigenvalue weighted by Crippen LogP contribution is 2.35. The lowest BCUT2D eigenvalue weighted by molar-refractivity contribution is -0.185.